The molecule has 166 valence electrons. The third-order valence-corrected chi connectivity index (χ3v) is 6.52. The highest BCUT2D eigenvalue weighted by Gasteiger charge is 2.19. The Bertz CT molecular complexity index is 1530. The Labute approximate surface area is 195 Å². The summed E-state index contributed by atoms with van der Waals surface area (Å²) >= 11 is 5.48. The molecule has 0 saturated carbocycles. The zero-order valence-electron chi connectivity index (χ0n) is 18.0. The molecule has 7 nitrogen and oxygen atoms in total. The molecule has 4 heterocycles. The first-order valence-electron chi connectivity index (χ1n) is 11.2. The van der Waals surface area contributed by atoms with Crippen LogP contribution in [0.4, 0.5) is 0 Å². The second-order valence-electron chi connectivity index (χ2n) is 8.49. The Balaban J connectivity index is 1.51. The molecule has 2 N–H and O–H groups in total. The lowest BCUT2D eigenvalue weighted by molar-refractivity contribution is 0.170. The Morgan fingerprint density at radius 3 is 2.70 bits per heavy atom. The van der Waals surface area contributed by atoms with Gasteiger partial charge >= 0.3 is 0 Å². The van der Waals surface area contributed by atoms with Gasteiger partial charge in [-0.1, -0.05) is 36.8 Å². The van der Waals surface area contributed by atoms with Crippen molar-refractivity contribution in [2.75, 3.05) is 13.1 Å². The van der Waals surface area contributed by atoms with Gasteiger partial charge in [0.05, 0.1) is 17.9 Å². The fourth-order valence-electron chi connectivity index (χ4n) is 4.61. The van der Waals surface area contributed by atoms with E-state index in [9.17, 15) is 5.11 Å². The van der Waals surface area contributed by atoms with E-state index in [-0.39, 0.29) is 5.75 Å². The largest absolute Gasteiger partial charge is 0.508 e. The number of nitrogens with one attached hydrogen (secondary N) is 1. The summed E-state index contributed by atoms with van der Waals surface area (Å²) in [5.41, 5.74) is 4.05. The summed E-state index contributed by atoms with van der Waals surface area (Å²) in [6.07, 6.45) is 3.67. The maximum Gasteiger partial charge on any atom is 0.288 e. The Kier molecular flexibility index (Phi) is 4.96. The van der Waals surface area contributed by atoms with E-state index in [4.69, 9.17) is 21.6 Å². The quantitative estimate of drug-likeness (QED) is 0.336. The van der Waals surface area contributed by atoms with Crippen molar-refractivity contribution in [3.63, 3.8) is 0 Å². The number of fused-ring (bicyclic) bond motifs is 3. The normalized spacial score (nSPS) is 14.9. The predicted molar refractivity (Wildman–Crippen MR) is 130 cm³/mol. The van der Waals surface area contributed by atoms with Crippen molar-refractivity contribution in [3.05, 3.63) is 59.4 Å². The van der Waals surface area contributed by atoms with Crippen molar-refractivity contribution in [3.8, 4) is 28.6 Å². The smallest absolute Gasteiger partial charge is 0.288 e. The molecule has 0 aliphatic carbocycles. The number of likely N-dealkylation sites (tertiary alicyclic amines) is 1. The van der Waals surface area contributed by atoms with Crippen LogP contribution in [0.25, 0.3) is 44.6 Å². The van der Waals surface area contributed by atoms with Gasteiger partial charge in [0.25, 0.3) is 10.7 Å². The number of piperidine rings is 1. The van der Waals surface area contributed by atoms with E-state index < -0.39 is 0 Å². The fourth-order valence-corrected chi connectivity index (χ4v) is 4.78. The van der Waals surface area contributed by atoms with Crippen molar-refractivity contribution in [2.24, 2.45) is 0 Å². The van der Waals surface area contributed by atoms with E-state index in [2.05, 4.69) is 21.0 Å². The number of aromatic amines is 1. The first kappa shape index (κ1) is 20.1. The van der Waals surface area contributed by atoms with E-state index in [1.54, 1.807) is 16.8 Å². The number of pyridine rings is 1. The van der Waals surface area contributed by atoms with E-state index in [0.29, 0.717) is 23.1 Å². The van der Waals surface area contributed by atoms with Crippen LogP contribution >= 0.6 is 12.2 Å². The number of para-hydroxylation sites is 1. The highest BCUT2D eigenvalue weighted by atomic mass is 32.1. The summed E-state index contributed by atoms with van der Waals surface area (Å²) < 4.78 is 7.65. The van der Waals surface area contributed by atoms with Gasteiger partial charge in [-0.05, 0) is 62.4 Å². The van der Waals surface area contributed by atoms with Crippen LogP contribution in [-0.4, -0.2) is 42.8 Å². The Hall–Kier alpha value is -3.49. The molecule has 3 aromatic heterocycles. The zero-order chi connectivity index (χ0) is 22.4. The Morgan fingerprint density at radius 1 is 1.00 bits per heavy atom. The first-order chi connectivity index (χ1) is 16.2. The third-order valence-electron chi connectivity index (χ3n) is 6.22. The van der Waals surface area contributed by atoms with Crippen LogP contribution < -0.4 is 0 Å². The number of hydrogen-bond acceptors (Lipinski definition) is 6. The number of benzene rings is 2. The molecule has 0 unspecified atom stereocenters. The summed E-state index contributed by atoms with van der Waals surface area (Å²) in [4.78, 5) is 11.1. The molecule has 8 heteroatoms. The monoisotopic (exact) mass is 457 g/mol. The highest BCUT2D eigenvalue weighted by molar-refractivity contribution is 7.71. The number of phenols is 1. The standard InChI is InChI=1S/C25H23N5O2S/c31-17-8-6-7-16(13-17)22-23-19(18-9-2-3-10-20(18)26-23)14-21(27-22)24-28-30(25(33)32-24)15-29-11-4-1-5-12-29/h2-3,6-10,13-14,26,31H,1,4-5,11-12,15H2. The minimum absolute atomic E-state index is 0.187. The van der Waals surface area contributed by atoms with E-state index in [1.807, 2.05) is 36.4 Å². The van der Waals surface area contributed by atoms with E-state index >= 15 is 0 Å². The number of aromatic nitrogens is 4. The lowest BCUT2D eigenvalue weighted by Crippen LogP contribution is -2.32. The van der Waals surface area contributed by atoms with Crippen molar-refractivity contribution >= 4 is 34.0 Å². The number of H-pyrrole nitrogens is 1. The molecule has 1 aliphatic heterocycles. The maximum absolute atomic E-state index is 10.1. The second kappa shape index (κ2) is 8.13. The van der Waals surface area contributed by atoms with E-state index in [1.165, 1.54) is 19.3 Å². The topological polar surface area (TPSA) is 83.1 Å². The molecule has 0 bridgehead atoms. The van der Waals surface area contributed by atoms with Crippen molar-refractivity contribution < 1.29 is 9.52 Å². The van der Waals surface area contributed by atoms with Crippen LogP contribution in [0.15, 0.2) is 59.0 Å². The van der Waals surface area contributed by atoms with Crippen molar-refractivity contribution in [1.29, 1.82) is 0 Å². The molecule has 1 aliphatic rings. The average molecular weight is 458 g/mol. The van der Waals surface area contributed by atoms with Crippen LogP contribution in [0.1, 0.15) is 19.3 Å². The number of rotatable bonds is 4. The summed E-state index contributed by atoms with van der Waals surface area (Å²) in [7, 11) is 0. The summed E-state index contributed by atoms with van der Waals surface area (Å²) in [5.74, 6) is 0.581. The average Bonchev–Trinajstić information content (AvgIpc) is 3.39. The Morgan fingerprint density at radius 2 is 1.85 bits per heavy atom. The summed E-state index contributed by atoms with van der Waals surface area (Å²) in [6, 6.07) is 17.2. The number of aromatic hydroxyl groups is 1. The van der Waals surface area contributed by atoms with Crippen LogP contribution in [0, 0.1) is 4.84 Å². The summed E-state index contributed by atoms with van der Waals surface area (Å²) in [6.45, 7) is 2.72. The van der Waals surface area contributed by atoms with Gasteiger partial charge in [0, 0.05) is 21.9 Å². The van der Waals surface area contributed by atoms with Gasteiger partial charge in [-0.3, -0.25) is 4.90 Å². The van der Waals surface area contributed by atoms with E-state index in [0.717, 1.165) is 46.2 Å². The SMILES string of the molecule is Oc1cccc(-c2nc(-c3nn(CN4CCCCC4)c(=S)o3)cc3c2[nH]c2ccccc23)c1. The van der Waals surface area contributed by atoms with Crippen molar-refractivity contribution in [2.45, 2.75) is 25.9 Å². The lowest BCUT2D eigenvalue weighted by atomic mass is 10.1. The van der Waals surface area contributed by atoms with Gasteiger partial charge in [-0.2, -0.15) is 0 Å². The molecule has 2 aromatic carbocycles. The molecule has 0 amide bonds. The molecule has 0 atom stereocenters. The predicted octanol–water partition coefficient (Wildman–Crippen LogP) is 5.72. The van der Waals surface area contributed by atoms with Gasteiger partial charge < -0.3 is 14.5 Å². The summed E-state index contributed by atoms with van der Waals surface area (Å²) in [5, 5.41) is 16.9. The van der Waals surface area contributed by atoms with Gasteiger partial charge in [0.15, 0.2) is 0 Å². The molecular weight excluding hydrogens is 434 g/mol. The van der Waals surface area contributed by atoms with Crippen LogP contribution in [0.2, 0.25) is 0 Å². The molecule has 5 aromatic rings. The highest BCUT2D eigenvalue weighted by Crippen LogP contribution is 2.35. The third kappa shape index (κ3) is 3.71. The first-order valence-corrected chi connectivity index (χ1v) is 11.6. The van der Waals surface area contributed by atoms with Gasteiger partial charge in [0.1, 0.15) is 11.4 Å². The van der Waals surface area contributed by atoms with Gasteiger partial charge in [-0.25, -0.2) is 9.67 Å². The molecule has 6 rings (SSSR count). The number of nitrogens with zero attached hydrogens (tertiary/aromatic N) is 4. The minimum Gasteiger partial charge on any atom is -0.508 e. The zero-order valence-corrected chi connectivity index (χ0v) is 18.8. The minimum atomic E-state index is 0.187. The molecule has 0 spiro atoms. The molecular formula is C25H23N5O2S. The molecule has 33 heavy (non-hydrogen) atoms. The van der Waals surface area contributed by atoms with Gasteiger partial charge in [-0.15, -0.1) is 5.10 Å². The number of phenolic OH excluding ortho intramolecular Hbond substituents is 1. The second-order valence-corrected chi connectivity index (χ2v) is 8.84. The molecule has 1 fully saturated rings. The van der Waals surface area contributed by atoms with Crippen LogP contribution in [0.5, 0.6) is 5.75 Å². The number of hydrogen-bond donors (Lipinski definition) is 2. The van der Waals surface area contributed by atoms with Crippen LogP contribution in [0.3, 0.4) is 0 Å². The van der Waals surface area contributed by atoms with Crippen LogP contribution in [-0.2, 0) is 6.67 Å². The molecule has 1 saturated heterocycles. The van der Waals surface area contributed by atoms with Gasteiger partial charge in [0.2, 0.25) is 0 Å². The fraction of sp³-hybridized carbons (Fsp3) is 0.240. The van der Waals surface area contributed by atoms with Crippen molar-refractivity contribution in [1.82, 2.24) is 24.6 Å². The lowest BCUT2D eigenvalue weighted by Gasteiger charge is -2.25. The maximum atomic E-state index is 10.1. The molecule has 0 radical (unpaired) electrons.